The number of nitrogens with zero attached hydrogens (tertiary/aromatic N) is 1. The van der Waals surface area contributed by atoms with Gasteiger partial charge in [-0.05, 0) is 17.7 Å². The van der Waals surface area contributed by atoms with Crippen LogP contribution in [0.15, 0.2) is 22.4 Å². The highest BCUT2D eigenvalue weighted by molar-refractivity contribution is 7.80. The average molecular weight is 221 g/mol. The first-order valence-electron chi connectivity index (χ1n) is 4.00. The molecule has 0 atom stereocenters. The number of benzene rings is 1. The molecule has 0 bridgehead atoms. The maximum atomic E-state index is 9.05. The number of fused-ring (bicyclic) bond motifs is 1. The van der Waals surface area contributed by atoms with E-state index in [0.717, 1.165) is 20.5 Å². The summed E-state index contributed by atoms with van der Waals surface area (Å²) in [5, 5.41) is 20.6. The molecule has 0 aliphatic heterocycles. The first kappa shape index (κ1) is 9.53. The van der Waals surface area contributed by atoms with Crippen LogP contribution in [0.2, 0.25) is 0 Å². The van der Waals surface area contributed by atoms with Crippen LogP contribution in [-0.4, -0.2) is 5.11 Å². The smallest absolute Gasteiger partial charge is 0.101 e. The van der Waals surface area contributed by atoms with Crippen LogP contribution >= 0.6 is 24.0 Å². The van der Waals surface area contributed by atoms with Crippen molar-refractivity contribution in [1.82, 2.24) is 0 Å². The molecular weight excluding hydrogens is 214 g/mol. The Hall–Kier alpha value is -1.02. The molecule has 0 saturated heterocycles. The van der Waals surface area contributed by atoms with Crippen molar-refractivity contribution in [3.63, 3.8) is 0 Å². The molecule has 1 aromatic carbocycles. The van der Waals surface area contributed by atoms with Crippen LogP contribution in [0, 0.1) is 11.3 Å². The summed E-state index contributed by atoms with van der Waals surface area (Å²) in [6.07, 6.45) is 0. The van der Waals surface area contributed by atoms with Crippen LogP contribution in [0.25, 0.3) is 10.1 Å². The summed E-state index contributed by atoms with van der Waals surface area (Å²) in [5.41, 5.74) is 1.42. The van der Waals surface area contributed by atoms with Gasteiger partial charge in [0.25, 0.3) is 0 Å². The van der Waals surface area contributed by atoms with Crippen LogP contribution < -0.4 is 0 Å². The lowest BCUT2D eigenvalue weighted by molar-refractivity contribution is 0.279. The molecule has 0 unspecified atom stereocenters. The molecule has 1 aromatic heterocycles. The van der Waals surface area contributed by atoms with Crippen LogP contribution in [0.4, 0.5) is 0 Å². The Bertz CT molecular complexity index is 525. The molecule has 2 nitrogen and oxygen atoms in total. The molecule has 0 spiro atoms. The van der Waals surface area contributed by atoms with Gasteiger partial charge in [0, 0.05) is 20.4 Å². The molecule has 4 heteroatoms. The van der Waals surface area contributed by atoms with E-state index in [-0.39, 0.29) is 6.61 Å². The fraction of sp³-hybridized carbons (Fsp3) is 0.100. The Morgan fingerprint density at radius 3 is 2.93 bits per heavy atom. The van der Waals surface area contributed by atoms with Crippen LogP contribution in [-0.2, 0) is 6.61 Å². The third-order valence-electron chi connectivity index (χ3n) is 2.07. The van der Waals surface area contributed by atoms with Gasteiger partial charge < -0.3 is 5.11 Å². The minimum absolute atomic E-state index is 0.0461. The summed E-state index contributed by atoms with van der Waals surface area (Å²) in [6, 6.07) is 5.84. The molecule has 0 amide bonds. The first-order chi connectivity index (χ1) is 6.76. The highest BCUT2D eigenvalue weighted by Gasteiger charge is 2.06. The second-order valence-electron chi connectivity index (χ2n) is 2.90. The van der Waals surface area contributed by atoms with E-state index >= 15 is 0 Å². The molecule has 1 heterocycles. The predicted octanol–water partition coefficient (Wildman–Crippen LogP) is 2.55. The van der Waals surface area contributed by atoms with Gasteiger partial charge in [0.15, 0.2) is 0 Å². The van der Waals surface area contributed by atoms with Gasteiger partial charge >= 0.3 is 0 Å². The van der Waals surface area contributed by atoms with Gasteiger partial charge in [-0.3, -0.25) is 0 Å². The summed E-state index contributed by atoms with van der Waals surface area (Å²) < 4.78 is 1.03. The van der Waals surface area contributed by atoms with E-state index in [1.807, 2.05) is 17.5 Å². The summed E-state index contributed by atoms with van der Waals surface area (Å²) in [7, 11) is 0. The second kappa shape index (κ2) is 3.62. The lowest BCUT2D eigenvalue weighted by Gasteiger charge is -2.01. The minimum atomic E-state index is -0.0461. The molecule has 0 aliphatic rings. The van der Waals surface area contributed by atoms with Crippen molar-refractivity contribution < 1.29 is 5.11 Å². The number of hydrogen-bond acceptors (Lipinski definition) is 4. The van der Waals surface area contributed by atoms with E-state index in [2.05, 4.69) is 18.7 Å². The van der Waals surface area contributed by atoms with Gasteiger partial charge in [0.1, 0.15) is 6.07 Å². The monoisotopic (exact) mass is 221 g/mol. The summed E-state index contributed by atoms with van der Waals surface area (Å²) in [6.45, 7) is -0.0461. The second-order valence-corrected chi connectivity index (χ2v) is 4.29. The normalized spacial score (nSPS) is 10.4. The van der Waals surface area contributed by atoms with Gasteiger partial charge in [-0.25, -0.2) is 0 Å². The van der Waals surface area contributed by atoms with Crippen LogP contribution in [0.1, 0.15) is 11.1 Å². The maximum absolute atomic E-state index is 9.05. The van der Waals surface area contributed by atoms with Crippen molar-refractivity contribution in [3.05, 3.63) is 28.6 Å². The molecule has 0 radical (unpaired) electrons. The largest absolute Gasteiger partial charge is 0.392 e. The molecule has 0 aliphatic carbocycles. The Labute approximate surface area is 90.8 Å². The third kappa shape index (κ3) is 1.40. The van der Waals surface area contributed by atoms with E-state index in [1.54, 1.807) is 0 Å². The van der Waals surface area contributed by atoms with Gasteiger partial charge in [-0.2, -0.15) is 5.26 Å². The Kier molecular flexibility index (Phi) is 2.46. The fourth-order valence-corrected chi connectivity index (χ4v) is 2.58. The number of aliphatic hydroxyl groups excluding tert-OH is 1. The number of nitriles is 1. The van der Waals surface area contributed by atoms with Crippen molar-refractivity contribution in [1.29, 1.82) is 5.26 Å². The quantitative estimate of drug-likeness (QED) is 0.727. The topological polar surface area (TPSA) is 44.0 Å². The van der Waals surface area contributed by atoms with E-state index in [4.69, 9.17) is 10.4 Å². The van der Waals surface area contributed by atoms with Crippen LogP contribution in [0.3, 0.4) is 0 Å². The zero-order chi connectivity index (χ0) is 10.1. The molecule has 14 heavy (non-hydrogen) atoms. The van der Waals surface area contributed by atoms with Gasteiger partial charge in [0.05, 0.1) is 12.2 Å². The van der Waals surface area contributed by atoms with Crippen LogP contribution in [0.5, 0.6) is 0 Å². The summed E-state index contributed by atoms with van der Waals surface area (Å²) >= 11 is 5.78. The highest BCUT2D eigenvalue weighted by Crippen LogP contribution is 2.30. The lowest BCUT2D eigenvalue weighted by atomic mass is 10.1. The number of rotatable bonds is 1. The molecule has 2 aromatic rings. The van der Waals surface area contributed by atoms with Gasteiger partial charge in [-0.15, -0.1) is 24.0 Å². The zero-order valence-corrected chi connectivity index (χ0v) is 8.90. The number of aliphatic hydroxyl groups is 1. The third-order valence-corrected chi connectivity index (χ3v) is 3.43. The molecule has 70 valence electrons. The van der Waals surface area contributed by atoms with Crippen molar-refractivity contribution in [2.45, 2.75) is 11.5 Å². The van der Waals surface area contributed by atoms with E-state index in [9.17, 15) is 0 Å². The SMILES string of the molecule is N#Cc1csc2cc(S)c(CO)cc12. The maximum Gasteiger partial charge on any atom is 0.101 e. The Morgan fingerprint density at radius 1 is 1.50 bits per heavy atom. The minimum Gasteiger partial charge on any atom is -0.392 e. The van der Waals surface area contributed by atoms with E-state index < -0.39 is 0 Å². The standard InChI is InChI=1S/C10H7NOS2/c11-3-7-5-14-10-2-9(13)6(4-12)1-8(7)10/h1-2,5,12-13H,4H2. The lowest BCUT2D eigenvalue weighted by Crippen LogP contribution is -1.85. The Morgan fingerprint density at radius 2 is 2.29 bits per heavy atom. The van der Waals surface area contributed by atoms with Crippen molar-refractivity contribution in [2.75, 3.05) is 0 Å². The Balaban J connectivity index is 2.78. The van der Waals surface area contributed by atoms with E-state index in [0.29, 0.717) is 5.56 Å². The molecule has 1 N–H and O–H groups in total. The van der Waals surface area contributed by atoms with Crippen molar-refractivity contribution >= 4 is 34.1 Å². The first-order valence-corrected chi connectivity index (χ1v) is 5.33. The van der Waals surface area contributed by atoms with Gasteiger partial charge in [0.2, 0.25) is 0 Å². The van der Waals surface area contributed by atoms with Crippen molar-refractivity contribution in [3.8, 4) is 6.07 Å². The predicted molar refractivity (Wildman–Crippen MR) is 59.7 cm³/mol. The van der Waals surface area contributed by atoms with E-state index in [1.165, 1.54) is 11.3 Å². The molecular formula is C10H7NOS2. The van der Waals surface area contributed by atoms with Crippen molar-refractivity contribution in [2.24, 2.45) is 0 Å². The number of thiol groups is 1. The average Bonchev–Trinajstić information content (AvgIpc) is 2.58. The fourth-order valence-electron chi connectivity index (χ4n) is 1.32. The molecule has 0 fully saturated rings. The number of thiophene rings is 1. The molecule has 0 saturated carbocycles. The zero-order valence-electron chi connectivity index (χ0n) is 7.19. The number of hydrogen-bond donors (Lipinski definition) is 2. The summed E-state index contributed by atoms with van der Waals surface area (Å²) in [4.78, 5) is 0.770. The summed E-state index contributed by atoms with van der Waals surface area (Å²) in [5.74, 6) is 0. The molecule has 2 rings (SSSR count). The highest BCUT2D eigenvalue weighted by atomic mass is 32.1. The van der Waals surface area contributed by atoms with Gasteiger partial charge in [-0.1, -0.05) is 0 Å².